The topological polar surface area (TPSA) is 139 Å². The van der Waals surface area contributed by atoms with Crippen LogP contribution in [0.1, 0.15) is 33.3 Å². The summed E-state index contributed by atoms with van der Waals surface area (Å²) < 4.78 is 11.3. The number of nitrogens with zero attached hydrogens (tertiary/aromatic N) is 2. The van der Waals surface area contributed by atoms with Gasteiger partial charge in [0.1, 0.15) is 0 Å². The van der Waals surface area contributed by atoms with Gasteiger partial charge >= 0.3 is 5.69 Å². The molecule has 0 spiro atoms. The van der Waals surface area contributed by atoms with Gasteiger partial charge in [-0.25, -0.2) is 15.3 Å². The first-order valence-corrected chi connectivity index (χ1v) is 10.3. The number of aromatic nitrogens is 3. The summed E-state index contributed by atoms with van der Waals surface area (Å²) in [6.45, 7) is 7.60. The maximum absolute atomic E-state index is 12.2. The summed E-state index contributed by atoms with van der Waals surface area (Å²) in [6.07, 6.45) is 1.33. The van der Waals surface area contributed by atoms with Crippen molar-refractivity contribution in [3.63, 3.8) is 0 Å². The molecule has 0 bridgehead atoms. The Kier molecular flexibility index (Phi) is 8.48. The SMILES string of the molecule is CCOc1cc(/C=N/NC(=O)C(C)Sc2n[nH]c(=O)[nH]c2=O)cc(Cl)c1OC(C)C. The molecule has 0 aliphatic carbocycles. The van der Waals surface area contributed by atoms with Crippen molar-refractivity contribution in [2.45, 2.75) is 44.1 Å². The van der Waals surface area contributed by atoms with Crippen LogP contribution < -0.4 is 26.1 Å². The van der Waals surface area contributed by atoms with Crippen LogP contribution in [-0.4, -0.2) is 45.3 Å². The Labute approximate surface area is 181 Å². The summed E-state index contributed by atoms with van der Waals surface area (Å²) in [5.41, 5.74) is 1.58. The van der Waals surface area contributed by atoms with E-state index in [4.69, 9.17) is 21.1 Å². The van der Waals surface area contributed by atoms with E-state index >= 15 is 0 Å². The second-order valence-electron chi connectivity index (χ2n) is 6.24. The summed E-state index contributed by atoms with van der Waals surface area (Å²) in [4.78, 5) is 36.9. The number of amides is 1. The van der Waals surface area contributed by atoms with Crippen molar-refractivity contribution in [2.75, 3.05) is 6.61 Å². The third-order valence-corrected chi connectivity index (χ3v) is 4.76. The minimum Gasteiger partial charge on any atom is -0.490 e. The van der Waals surface area contributed by atoms with Crippen LogP contribution in [-0.2, 0) is 4.79 Å². The monoisotopic (exact) mass is 455 g/mol. The van der Waals surface area contributed by atoms with Crippen LogP contribution in [0, 0.1) is 0 Å². The van der Waals surface area contributed by atoms with Crippen LogP contribution in [0.25, 0.3) is 0 Å². The van der Waals surface area contributed by atoms with E-state index < -0.39 is 22.4 Å². The smallest absolute Gasteiger partial charge is 0.342 e. The molecule has 30 heavy (non-hydrogen) atoms. The lowest BCUT2D eigenvalue weighted by Crippen LogP contribution is -2.30. The molecule has 0 saturated carbocycles. The molecule has 1 aromatic heterocycles. The predicted molar refractivity (Wildman–Crippen MR) is 115 cm³/mol. The number of hydrogen-bond acceptors (Lipinski definition) is 8. The highest BCUT2D eigenvalue weighted by Gasteiger charge is 2.17. The summed E-state index contributed by atoms with van der Waals surface area (Å²) in [6, 6.07) is 3.34. The van der Waals surface area contributed by atoms with Crippen molar-refractivity contribution in [2.24, 2.45) is 5.10 Å². The number of benzene rings is 1. The van der Waals surface area contributed by atoms with Gasteiger partial charge in [0, 0.05) is 0 Å². The molecular weight excluding hydrogens is 434 g/mol. The molecule has 1 heterocycles. The van der Waals surface area contributed by atoms with Crippen molar-refractivity contribution < 1.29 is 14.3 Å². The predicted octanol–water partition coefficient (Wildman–Crippen LogP) is 1.93. The van der Waals surface area contributed by atoms with Crippen molar-refractivity contribution in [3.8, 4) is 11.5 Å². The maximum Gasteiger partial charge on any atom is 0.342 e. The first kappa shape index (κ1) is 23.5. The number of halogens is 1. The molecule has 1 amide bonds. The van der Waals surface area contributed by atoms with Gasteiger partial charge in [-0.2, -0.15) is 10.2 Å². The molecular formula is C18H22ClN5O5S. The summed E-state index contributed by atoms with van der Waals surface area (Å²) in [5, 5.41) is 9.28. The Morgan fingerprint density at radius 1 is 1.37 bits per heavy atom. The largest absolute Gasteiger partial charge is 0.490 e. The normalized spacial score (nSPS) is 12.2. The standard InChI is InChI=1S/C18H22ClN5O5S/c1-5-28-13-7-11(6-12(19)14(13)29-9(2)3)8-20-22-15(25)10(4)30-17-16(26)21-18(27)24-23-17/h6-10H,5H2,1-4H3,(H,22,25)(H2,21,24,26,27)/b20-8+. The van der Waals surface area contributed by atoms with E-state index in [2.05, 4.69) is 20.7 Å². The average molecular weight is 456 g/mol. The van der Waals surface area contributed by atoms with Gasteiger partial charge in [0.05, 0.1) is 29.2 Å². The molecule has 2 rings (SSSR count). The zero-order valence-electron chi connectivity index (χ0n) is 16.8. The van der Waals surface area contributed by atoms with Gasteiger partial charge in [0.15, 0.2) is 16.5 Å². The van der Waals surface area contributed by atoms with E-state index in [1.807, 2.05) is 25.8 Å². The Balaban J connectivity index is 2.07. The van der Waals surface area contributed by atoms with E-state index in [0.29, 0.717) is 28.7 Å². The van der Waals surface area contributed by atoms with Crippen LogP contribution >= 0.6 is 23.4 Å². The maximum atomic E-state index is 12.2. The fraction of sp³-hybridized carbons (Fsp3) is 0.389. The quantitative estimate of drug-likeness (QED) is 0.298. The van der Waals surface area contributed by atoms with E-state index in [9.17, 15) is 14.4 Å². The van der Waals surface area contributed by atoms with Gasteiger partial charge in [-0.05, 0) is 45.4 Å². The second-order valence-corrected chi connectivity index (χ2v) is 7.97. The lowest BCUT2D eigenvalue weighted by atomic mass is 10.2. The average Bonchev–Trinajstić information content (AvgIpc) is 2.66. The molecule has 12 heteroatoms. The highest BCUT2D eigenvalue weighted by atomic mass is 35.5. The van der Waals surface area contributed by atoms with Crippen LogP contribution in [0.5, 0.6) is 11.5 Å². The lowest BCUT2D eigenvalue weighted by molar-refractivity contribution is -0.120. The van der Waals surface area contributed by atoms with Gasteiger partial charge in [-0.15, -0.1) is 0 Å². The van der Waals surface area contributed by atoms with E-state index in [0.717, 1.165) is 11.8 Å². The number of hydrogen-bond donors (Lipinski definition) is 3. The minimum absolute atomic E-state index is 0.0323. The minimum atomic E-state index is -0.721. The van der Waals surface area contributed by atoms with E-state index in [-0.39, 0.29) is 11.1 Å². The van der Waals surface area contributed by atoms with Gasteiger partial charge in [0.25, 0.3) is 11.5 Å². The number of aromatic amines is 2. The molecule has 1 unspecified atom stereocenters. The molecule has 3 N–H and O–H groups in total. The Morgan fingerprint density at radius 2 is 2.10 bits per heavy atom. The van der Waals surface area contributed by atoms with Crippen LogP contribution in [0.3, 0.4) is 0 Å². The highest BCUT2D eigenvalue weighted by Crippen LogP contribution is 2.37. The molecule has 1 atom stereocenters. The second kappa shape index (κ2) is 10.8. The Bertz CT molecular complexity index is 1040. The summed E-state index contributed by atoms with van der Waals surface area (Å²) in [5.74, 6) is 0.455. The molecule has 162 valence electrons. The van der Waals surface area contributed by atoms with Gasteiger partial charge in [0.2, 0.25) is 0 Å². The third-order valence-electron chi connectivity index (χ3n) is 3.41. The molecule has 0 aliphatic heterocycles. The zero-order valence-corrected chi connectivity index (χ0v) is 18.4. The number of carbonyl (C=O) groups is 1. The van der Waals surface area contributed by atoms with Gasteiger partial charge < -0.3 is 9.47 Å². The zero-order chi connectivity index (χ0) is 22.3. The number of thioether (sulfide) groups is 1. The van der Waals surface area contributed by atoms with Gasteiger partial charge in [-0.3, -0.25) is 14.6 Å². The number of nitrogens with one attached hydrogen (secondary N) is 3. The molecule has 0 fully saturated rings. The van der Waals surface area contributed by atoms with Crippen molar-refractivity contribution in [1.82, 2.24) is 20.6 Å². The fourth-order valence-electron chi connectivity index (χ4n) is 2.17. The number of carbonyl (C=O) groups excluding carboxylic acids is 1. The molecule has 0 saturated heterocycles. The first-order chi connectivity index (χ1) is 14.2. The fourth-order valence-corrected chi connectivity index (χ4v) is 3.19. The van der Waals surface area contributed by atoms with Crippen LogP contribution in [0.2, 0.25) is 5.02 Å². The van der Waals surface area contributed by atoms with Crippen LogP contribution in [0.4, 0.5) is 0 Å². The Morgan fingerprint density at radius 3 is 2.73 bits per heavy atom. The van der Waals surface area contributed by atoms with Crippen LogP contribution in [0.15, 0.2) is 31.8 Å². The first-order valence-electron chi connectivity index (χ1n) is 9.02. The lowest BCUT2D eigenvalue weighted by Gasteiger charge is -2.16. The highest BCUT2D eigenvalue weighted by molar-refractivity contribution is 8.00. The Hall–Kier alpha value is -2.79. The summed E-state index contributed by atoms with van der Waals surface area (Å²) >= 11 is 7.18. The number of rotatable bonds is 9. The van der Waals surface area contributed by atoms with Crippen molar-refractivity contribution in [1.29, 1.82) is 0 Å². The molecule has 10 nitrogen and oxygen atoms in total. The van der Waals surface area contributed by atoms with Crippen molar-refractivity contribution in [3.05, 3.63) is 43.6 Å². The third kappa shape index (κ3) is 6.63. The number of H-pyrrole nitrogens is 2. The molecule has 2 aromatic rings. The van der Waals surface area contributed by atoms with Gasteiger partial charge in [-0.1, -0.05) is 23.4 Å². The van der Waals surface area contributed by atoms with E-state index in [1.54, 1.807) is 19.1 Å². The molecule has 0 radical (unpaired) electrons. The molecule has 0 aliphatic rings. The number of hydrazone groups is 1. The van der Waals surface area contributed by atoms with E-state index in [1.165, 1.54) is 6.21 Å². The van der Waals surface area contributed by atoms with Crippen molar-refractivity contribution >= 4 is 35.5 Å². The summed E-state index contributed by atoms with van der Waals surface area (Å²) in [7, 11) is 0. The number of ether oxygens (including phenoxy) is 2. The molecule has 1 aromatic carbocycles.